The molecule has 0 unspecified atom stereocenters. The molecular weight excluding hydrogens is 380 g/mol. The average molecular weight is 406 g/mol. The van der Waals surface area contributed by atoms with Gasteiger partial charge in [-0.15, -0.1) is 0 Å². The van der Waals surface area contributed by atoms with Crippen LogP contribution in [0.15, 0.2) is 54.6 Å². The molecule has 156 valence electrons. The Morgan fingerprint density at radius 2 is 1.83 bits per heavy atom. The molecule has 1 fully saturated rings. The number of fused-ring (bicyclic) bond motifs is 1. The summed E-state index contributed by atoms with van der Waals surface area (Å²) in [7, 11) is 0. The number of amides is 4. The largest absolute Gasteiger partial charge is 0.359 e. The molecule has 2 atom stereocenters. The van der Waals surface area contributed by atoms with Crippen molar-refractivity contribution in [1.29, 1.82) is 0 Å². The van der Waals surface area contributed by atoms with E-state index in [0.717, 1.165) is 23.5 Å². The lowest BCUT2D eigenvalue weighted by Gasteiger charge is -2.36. The van der Waals surface area contributed by atoms with Crippen LogP contribution < -0.4 is 15.6 Å². The maximum absolute atomic E-state index is 13.2. The zero-order valence-electron chi connectivity index (χ0n) is 17.2. The molecule has 2 aliphatic heterocycles. The zero-order chi connectivity index (χ0) is 21.3. The second-order valence-corrected chi connectivity index (χ2v) is 7.87. The molecule has 4 rings (SSSR count). The van der Waals surface area contributed by atoms with Crippen molar-refractivity contribution in [1.82, 2.24) is 15.8 Å². The van der Waals surface area contributed by atoms with Gasteiger partial charge in [0.1, 0.15) is 5.54 Å². The summed E-state index contributed by atoms with van der Waals surface area (Å²) >= 11 is 0. The van der Waals surface area contributed by atoms with E-state index in [4.69, 9.17) is 0 Å². The van der Waals surface area contributed by atoms with E-state index in [0.29, 0.717) is 12.0 Å². The van der Waals surface area contributed by atoms with E-state index in [1.165, 1.54) is 5.56 Å². The first-order chi connectivity index (χ1) is 14.5. The Kier molecular flexibility index (Phi) is 5.20. The van der Waals surface area contributed by atoms with Crippen molar-refractivity contribution >= 4 is 23.5 Å². The van der Waals surface area contributed by atoms with Crippen molar-refractivity contribution in [2.75, 3.05) is 11.4 Å². The van der Waals surface area contributed by atoms with Gasteiger partial charge in [0, 0.05) is 11.7 Å². The third-order valence-electron chi connectivity index (χ3n) is 6.10. The van der Waals surface area contributed by atoms with Crippen LogP contribution in [-0.2, 0) is 21.5 Å². The number of nitrogens with zero attached hydrogens (tertiary/aromatic N) is 2. The van der Waals surface area contributed by atoms with Gasteiger partial charge in [-0.3, -0.25) is 15.0 Å². The number of anilines is 1. The SMILES string of the molecule is CC[C@]1(c2ccccc2)NC(=O)N(NC(=O)CN2c3ccccc3CC[C@@H]2C)C1=O. The second-order valence-electron chi connectivity index (χ2n) is 7.87. The molecule has 0 radical (unpaired) electrons. The lowest BCUT2D eigenvalue weighted by molar-refractivity contribution is -0.139. The third kappa shape index (κ3) is 3.30. The summed E-state index contributed by atoms with van der Waals surface area (Å²) in [5.41, 5.74) is 4.28. The molecule has 2 N–H and O–H groups in total. The van der Waals surface area contributed by atoms with Crippen molar-refractivity contribution < 1.29 is 14.4 Å². The minimum Gasteiger partial charge on any atom is -0.359 e. The van der Waals surface area contributed by atoms with Crippen LogP contribution in [0.5, 0.6) is 0 Å². The van der Waals surface area contributed by atoms with Gasteiger partial charge in [0.05, 0.1) is 6.54 Å². The molecule has 2 aromatic rings. The predicted molar refractivity (Wildman–Crippen MR) is 114 cm³/mol. The summed E-state index contributed by atoms with van der Waals surface area (Å²) in [6.45, 7) is 3.98. The fraction of sp³-hybridized carbons (Fsp3) is 0.348. The maximum atomic E-state index is 13.2. The summed E-state index contributed by atoms with van der Waals surface area (Å²) in [6, 6.07) is 16.7. The molecule has 0 spiro atoms. The monoisotopic (exact) mass is 406 g/mol. The highest BCUT2D eigenvalue weighted by molar-refractivity contribution is 6.08. The van der Waals surface area contributed by atoms with Gasteiger partial charge in [-0.1, -0.05) is 55.5 Å². The van der Waals surface area contributed by atoms with Crippen LogP contribution in [0, 0.1) is 0 Å². The lowest BCUT2D eigenvalue weighted by Crippen LogP contribution is -2.52. The minimum absolute atomic E-state index is 0.0691. The van der Waals surface area contributed by atoms with Gasteiger partial charge < -0.3 is 10.2 Å². The van der Waals surface area contributed by atoms with Gasteiger partial charge in [-0.25, -0.2) is 4.79 Å². The Morgan fingerprint density at radius 1 is 1.13 bits per heavy atom. The quantitative estimate of drug-likeness (QED) is 0.748. The molecule has 4 amide bonds. The maximum Gasteiger partial charge on any atom is 0.344 e. The molecule has 0 aromatic heterocycles. The number of para-hydroxylation sites is 1. The van der Waals surface area contributed by atoms with E-state index >= 15 is 0 Å². The van der Waals surface area contributed by atoms with E-state index in [9.17, 15) is 14.4 Å². The molecule has 0 aliphatic carbocycles. The number of hydrazine groups is 1. The molecule has 2 aromatic carbocycles. The Morgan fingerprint density at radius 3 is 2.57 bits per heavy atom. The number of imide groups is 1. The fourth-order valence-electron chi connectivity index (χ4n) is 4.35. The van der Waals surface area contributed by atoms with E-state index in [-0.39, 0.29) is 12.6 Å². The summed E-state index contributed by atoms with van der Waals surface area (Å²) in [6.07, 6.45) is 2.30. The molecule has 7 heteroatoms. The molecule has 2 heterocycles. The number of carbonyl (C=O) groups excluding carboxylic acids is 3. The normalized spacial score (nSPS) is 23.2. The lowest BCUT2D eigenvalue weighted by atomic mass is 9.87. The van der Waals surface area contributed by atoms with Crippen LogP contribution in [0.1, 0.15) is 37.8 Å². The van der Waals surface area contributed by atoms with Crippen molar-refractivity contribution in [3.63, 3.8) is 0 Å². The number of carbonyl (C=O) groups is 3. The second kappa shape index (κ2) is 7.82. The average Bonchev–Trinajstić information content (AvgIpc) is 3.01. The van der Waals surface area contributed by atoms with Gasteiger partial charge in [0.15, 0.2) is 0 Å². The van der Waals surface area contributed by atoms with Crippen molar-refractivity contribution in [2.24, 2.45) is 0 Å². The van der Waals surface area contributed by atoms with Crippen LogP contribution in [0.25, 0.3) is 0 Å². The number of rotatable bonds is 5. The van der Waals surface area contributed by atoms with Gasteiger partial charge >= 0.3 is 6.03 Å². The Hall–Kier alpha value is -3.35. The molecule has 0 bridgehead atoms. The molecule has 2 aliphatic rings. The van der Waals surface area contributed by atoms with E-state index in [1.807, 2.05) is 48.2 Å². The van der Waals surface area contributed by atoms with Gasteiger partial charge in [0.25, 0.3) is 11.8 Å². The van der Waals surface area contributed by atoms with Crippen LogP contribution in [0.3, 0.4) is 0 Å². The topological polar surface area (TPSA) is 81.8 Å². The third-order valence-corrected chi connectivity index (χ3v) is 6.10. The van der Waals surface area contributed by atoms with Crippen molar-refractivity contribution in [3.05, 3.63) is 65.7 Å². The first-order valence-electron chi connectivity index (χ1n) is 10.3. The van der Waals surface area contributed by atoms with Crippen LogP contribution in [0.4, 0.5) is 10.5 Å². The highest BCUT2D eigenvalue weighted by Crippen LogP contribution is 2.32. The standard InChI is InChI=1S/C23H26N4O3/c1-3-23(18-10-5-4-6-11-18)21(29)27(22(30)24-23)25-20(28)15-26-16(2)13-14-17-9-7-8-12-19(17)26/h4-12,16H,3,13-15H2,1-2H3,(H,24,30)(H,25,28)/t16-,23+/m0/s1. The van der Waals surface area contributed by atoms with Gasteiger partial charge in [0.2, 0.25) is 0 Å². The fourth-order valence-corrected chi connectivity index (χ4v) is 4.35. The predicted octanol–water partition coefficient (Wildman–Crippen LogP) is 2.72. The Bertz CT molecular complexity index is 977. The van der Waals surface area contributed by atoms with E-state index < -0.39 is 23.4 Å². The van der Waals surface area contributed by atoms with Crippen LogP contribution in [-0.4, -0.2) is 35.4 Å². The van der Waals surface area contributed by atoms with Crippen molar-refractivity contribution in [2.45, 2.75) is 44.7 Å². The number of nitrogens with one attached hydrogen (secondary N) is 2. The molecule has 0 saturated carbocycles. The number of urea groups is 1. The molecule has 30 heavy (non-hydrogen) atoms. The van der Waals surface area contributed by atoms with Crippen LogP contribution >= 0.6 is 0 Å². The number of benzene rings is 2. The number of aryl methyl sites for hydroxylation is 1. The Balaban J connectivity index is 1.51. The van der Waals surface area contributed by atoms with Crippen molar-refractivity contribution in [3.8, 4) is 0 Å². The van der Waals surface area contributed by atoms with E-state index in [2.05, 4.69) is 23.7 Å². The van der Waals surface area contributed by atoms with Crippen LogP contribution in [0.2, 0.25) is 0 Å². The van der Waals surface area contributed by atoms with E-state index in [1.54, 1.807) is 12.1 Å². The number of hydrogen-bond acceptors (Lipinski definition) is 4. The highest BCUT2D eigenvalue weighted by Gasteiger charge is 2.52. The smallest absolute Gasteiger partial charge is 0.344 e. The van der Waals surface area contributed by atoms with Gasteiger partial charge in [-0.05, 0) is 43.4 Å². The summed E-state index contributed by atoms with van der Waals surface area (Å²) < 4.78 is 0. The van der Waals surface area contributed by atoms with Gasteiger partial charge in [-0.2, -0.15) is 5.01 Å². The summed E-state index contributed by atoms with van der Waals surface area (Å²) in [5, 5.41) is 3.59. The summed E-state index contributed by atoms with van der Waals surface area (Å²) in [4.78, 5) is 40.6. The first kappa shape index (κ1) is 19.9. The molecular formula is C23H26N4O3. The molecule has 7 nitrogen and oxygen atoms in total. The summed E-state index contributed by atoms with van der Waals surface area (Å²) in [5.74, 6) is -0.872. The highest BCUT2D eigenvalue weighted by atomic mass is 16.2. The number of hydrogen-bond donors (Lipinski definition) is 2. The Labute approximate surface area is 176 Å². The zero-order valence-corrected chi connectivity index (χ0v) is 17.2. The minimum atomic E-state index is -1.17. The molecule has 1 saturated heterocycles. The first-order valence-corrected chi connectivity index (χ1v) is 10.3.